The van der Waals surface area contributed by atoms with Gasteiger partial charge in [0.25, 0.3) is 0 Å². The molecule has 0 amide bonds. The molecule has 0 spiro atoms. The van der Waals surface area contributed by atoms with Gasteiger partial charge in [-0.3, -0.25) is 9.69 Å². The second kappa shape index (κ2) is 7.01. The summed E-state index contributed by atoms with van der Waals surface area (Å²) in [6.07, 6.45) is 0. The van der Waals surface area contributed by atoms with E-state index in [-0.39, 0.29) is 11.6 Å². The number of nitrogens with zero attached hydrogens (tertiary/aromatic N) is 2. The second-order valence-corrected chi connectivity index (χ2v) is 6.21. The van der Waals surface area contributed by atoms with Crippen molar-refractivity contribution in [3.05, 3.63) is 59.4 Å². The van der Waals surface area contributed by atoms with E-state index in [4.69, 9.17) is 5.73 Å². The van der Waals surface area contributed by atoms with Crippen molar-refractivity contribution in [2.24, 2.45) is 0 Å². The lowest BCUT2D eigenvalue weighted by atomic mass is 10.1. The first-order valence-electron chi connectivity index (χ1n) is 8.16. The van der Waals surface area contributed by atoms with E-state index in [1.54, 1.807) is 18.2 Å². The van der Waals surface area contributed by atoms with E-state index in [1.807, 2.05) is 30.0 Å². The quantitative estimate of drug-likeness (QED) is 0.693. The van der Waals surface area contributed by atoms with E-state index in [2.05, 4.69) is 4.90 Å². The summed E-state index contributed by atoms with van der Waals surface area (Å²) in [6.45, 7) is 5.19. The Kier molecular flexibility index (Phi) is 4.81. The van der Waals surface area contributed by atoms with Crippen LogP contribution in [0.15, 0.2) is 42.5 Å². The summed E-state index contributed by atoms with van der Waals surface area (Å²) >= 11 is 0. The van der Waals surface area contributed by atoms with Gasteiger partial charge in [-0.2, -0.15) is 0 Å². The van der Waals surface area contributed by atoms with Crippen molar-refractivity contribution >= 4 is 17.2 Å². The molecule has 5 heteroatoms. The number of aryl methyl sites for hydroxylation is 1. The van der Waals surface area contributed by atoms with Crippen LogP contribution >= 0.6 is 0 Å². The molecule has 0 radical (unpaired) electrons. The van der Waals surface area contributed by atoms with Crippen LogP contribution in [-0.4, -0.2) is 43.4 Å². The van der Waals surface area contributed by atoms with Crippen LogP contribution in [0.3, 0.4) is 0 Å². The van der Waals surface area contributed by atoms with Gasteiger partial charge in [-0.15, -0.1) is 0 Å². The fourth-order valence-electron chi connectivity index (χ4n) is 2.96. The Morgan fingerprint density at radius 2 is 1.83 bits per heavy atom. The van der Waals surface area contributed by atoms with Gasteiger partial charge < -0.3 is 10.6 Å². The van der Waals surface area contributed by atoms with E-state index in [0.717, 1.165) is 18.7 Å². The predicted molar refractivity (Wildman–Crippen MR) is 95.0 cm³/mol. The fourth-order valence-corrected chi connectivity index (χ4v) is 2.96. The van der Waals surface area contributed by atoms with Crippen LogP contribution in [0.4, 0.5) is 15.8 Å². The van der Waals surface area contributed by atoms with Crippen LogP contribution in [0.5, 0.6) is 0 Å². The van der Waals surface area contributed by atoms with E-state index < -0.39 is 0 Å². The highest BCUT2D eigenvalue weighted by molar-refractivity contribution is 5.98. The number of anilines is 2. The highest BCUT2D eigenvalue weighted by Gasteiger charge is 2.21. The molecule has 2 aromatic rings. The fraction of sp³-hybridized carbons (Fsp3) is 0.316. The van der Waals surface area contributed by atoms with Crippen molar-refractivity contribution in [3.8, 4) is 0 Å². The molecule has 1 aliphatic rings. The molecule has 2 aromatic carbocycles. The molecular weight excluding hydrogens is 305 g/mol. The summed E-state index contributed by atoms with van der Waals surface area (Å²) < 4.78 is 13.9. The molecule has 1 saturated heterocycles. The third-order valence-electron chi connectivity index (χ3n) is 4.53. The first kappa shape index (κ1) is 16.5. The number of hydrogen-bond acceptors (Lipinski definition) is 4. The Morgan fingerprint density at radius 1 is 1.12 bits per heavy atom. The number of para-hydroxylation sites is 1. The summed E-state index contributed by atoms with van der Waals surface area (Å²) in [5.41, 5.74) is 8.78. The van der Waals surface area contributed by atoms with Crippen molar-refractivity contribution < 1.29 is 9.18 Å². The van der Waals surface area contributed by atoms with Crippen LogP contribution in [0.25, 0.3) is 0 Å². The van der Waals surface area contributed by atoms with Crippen LogP contribution in [0.1, 0.15) is 15.9 Å². The first-order chi connectivity index (χ1) is 11.5. The molecule has 3 rings (SSSR count). The van der Waals surface area contributed by atoms with Gasteiger partial charge >= 0.3 is 0 Å². The summed E-state index contributed by atoms with van der Waals surface area (Å²) in [4.78, 5) is 16.5. The summed E-state index contributed by atoms with van der Waals surface area (Å²) in [6, 6.07) is 12.3. The molecule has 0 saturated carbocycles. The van der Waals surface area contributed by atoms with Crippen molar-refractivity contribution in [3.63, 3.8) is 0 Å². The third kappa shape index (κ3) is 3.57. The van der Waals surface area contributed by atoms with Crippen molar-refractivity contribution in [1.29, 1.82) is 0 Å². The molecule has 4 nitrogen and oxygen atoms in total. The number of carbonyl (C=O) groups is 1. The number of carbonyl (C=O) groups excluding carboxylic acids is 1. The number of nitrogens with two attached hydrogens (primary N) is 1. The van der Waals surface area contributed by atoms with Crippen molar-refractivity contribution in [2.45, 2.75) is 6.92 Å². The zero-order valence-corrected chi connectivity index (χ0v) is 13.8. The summed E-state index contributed by atoms with van der Waals surface area (Å²) in [5.74, 6) is -0.127. The lowest BCUT2D eigenvalue weighted by molar-refractivity contribution is 0.0926. The molecule has 0 aliphatic carbocycles. The van der Waals surface area contributed by atoms with Crippen LogP contribution in [0, 0.1) is 12.7 Å². The molecule has 126 valence electrons. The molecule has 0 bridgehead atoms. The Hall–Kier alpha value is -2.40. The number of piperazine rings is 1. The summed E-state index contributed by atoms with van der Waals surface area (Å²) in [5, 5.41) is 0. The second-order valence-electron chi connectivity index (χ2n) is 6.21. The normalized spacial score (nSPS) is 15.5. The average molecular weight is 327 g/mol. The standard InChI is InChI=1S/C19H22FN3O/c1-14-6-7-15(12-17(14)21)19(24)13-22-8-10-23(11-9-22)18-5-3-2-4-16(18)20/h2-7,12H,8-11,13,21H2,1H3. The van der Waals surface area contributed by atoms with Crippen molar-refractivity contribution in [2.75, 3.05) is 43.4 Å². The number of benzene rings is 2. The highest BCUT2D eigenvalue weighted by atomic mass is 19.1. The number of halogens is 1. The van der Waals surface area contributed by atoms with Gasteiger partial charge in [-0.25, -0.2) is 4.39 Å². The van der Waals surface area contributed by atoms with Crippen LogP contribution in [-0.2, 0) is 0 Å². The minimum atomic E-state index is -0.197. The van der Waals surface area contributed by atoms with Gasteiger partial charge in [0.2, 0.25) is 0 Å². The lowest BCUT2D eigenvalue weighted by Gasteiger charge is -2.35. The van der Waals surface area contributed by atoms with Gasteiger partial charge in [0.05, 0.1) is 12.2 Å². The largest absolute Gasteiger partial charge is 0.398 e. The van der Waals surface area contributed by atoms with Crippen molar-refractivity contribution in [1.82, 2.24) is 4.90 Å². The predicted octanol–water partition coefficient (Wildman–Crippen LogP) is 2.72. The smallest absolute Gasteiger partial charge is 0.176 e. The maximum Gasteiger partial charge on any atom is 0.176 e. The Morgan fingerprint density at radius 3 is 2.50 bits per heavy atom. The molecule has 1 heterocycles. The molecule has 0 aromatic heterocycles. The zero-order chi connectivity index (χ0) is 17.1. The number of hydrogen-bond donors (Lipinski definition) is 1. The monoisotopic (exact) mass is 327 g/mol. The van der Waals surface area contributed by atoms with Gasteiger partial charge in [-0.1, -0.05) is 24.3 Å². The van der Waals surface area contributed by atoms with E-state index in [9.17, 15) is 9.18 Å². The van der Waals surface area contributed by atoms with E-state index in [1.165, 1.54) is 6.07 Å². The topological polar surface area (TPSA) is 49.6 Å². The Bertz CT molecular complexity index is 739. The SMILES string of the molecule is Cc1ccc(C(=O)CN2CCN(c3ccccc3F)CC2)cc1N. The van der Waals surface area contributed by atoms with Gasteiger partial charge in [0.1, 0.15) is 5.82 Å². The van der Waals surface area contributed by atoms with E-state index >= 15 is 0 Å². The van der Waals surface area contributed by atoms with Gasteiger partial charge in [-0.05, 0) is 30.7 Å². The number of Topliss-reactive ketones (excluding diaryl/α,β-unsaturated/α-hetero) is 1. The summed E-state index contributed by atoms with van der Waals surface area (Å²) in [7, 11) is 0. The lowest BCUT2D eigenvalue weighted by Crippen LogP contribution is -2.48. The molecular formula is C19H22FN3O. The molecule has 0 atom stereocenters. The van der Waals surface area contributed by atoms with E-state index in [0.29, 0.717) is 36.6 Å². The maximum atomic E-state index is 13.9. The highest BCUT2D eigenvalue weighted by Crippen LogP contribution is 2.20. The van der Waals surface area contributed by atoms with Crippen LogP contribution in [0.2, 0.25) is 0 Å². The third-order valence-corrected chi connectivity index (χ3v) is 4.53. The molecule has 2 N–H and O–H groups in total. The minimum absolute atomic E-state index is 0.0704. The number of nitrogen functional groups attached to an aromatic ring is 1. The Balaban J connectivity index is 1.58. The first-order valence-corrected chi connectivity index (χ1v) is 8.16. The Labute approximate surface area is 141 Å². The number of ketones is 1. The zero-order valence-electron chi connectivity index (χ0n) is 13.8. The molecule has 0 unspecified atom stereocenters. The molecule has 24 heavy (non-hydrogen) atoms. The number of rotatable bonds is 4. The van der Waals surface area contributed by atoms with Crippen LogP contribution < -0.4 is 10.6 Å². The average Bonchev–Trinajstić information content (AvgIpc) is 2.58. The molecule has 1 aliphatic heterocycles. The van der Waals surface area contributed by atoms with Gasteiger partial charge in [0.15, 0.2) is 5.78 Å². The molecule has 1 fully saturated rings. The minimum Gasteiger partial charge on any atom is -0.398 e. The van der Waals surface area contributed by atoms with Gasteiger partial charge in [0, 0.05) is 37.4 Å². The maximum absolute atomic E-state index is 13.9.